The minimum Gasteiger partial charge on any atom is -0.298 e. The van der Waals surface area contributed by atoms with E-state index < -0.39 is 16.6 Å². The van der Waals surface area contributed by atoms with E-state index in [9.17, 15) is 23.7 Å². The lowest BCUT2D eigenvalue weighted by Crippen LogP contribution is -1.92. The molecule has 20 heavy (non-hydrogen) atoms. The highest BCUT2D eigenvalue weighted by Crippen LogP contribution is 2.33. The number of carbonyl (C=O) groups is 1. The summed E-state index contributed by atoms with van der Waals surface area (Å²) in [6.07, 6.45) is 0.354. The van der Waals surface area contributed by atoms with Crippen molar-refractivity contribution in [3.63, 3.8) is 0 Å². The Morgan fingerprint density at radius 2 is 1.65 bits per heavy atom. The Labute approximate surface area is 116 Å². The molecule has 0 saturated heterocycles. The number of nitro groups is 1. The maximum atomic E-state index is 13.7. The van der Waals surface area contributed by atoms with E-state index in [1.54, 1.807) is 0 Å². The summed E-state index contributed by atoms with van der Waals surface area (Å²) < 4.78 is 27.3. The molecule has 0 heterocycles. The molecule has 0 unspecified atom stereocenters. The minimum atomic E-state index is -0.851. The van der Waals surface area contributed by atoms with Gasteiger partial charge in [0.05, 0.1) is 9.82 Å². The molecule has 4 nitrogen and oxygen atoms in total. The number of benzene rings is 2. The number of halogens is 2. The Morgan fingerprint density at radius 3 is 2.10 bits per heavy atom. The largest absolute Gasteiger partial charge is 0.298 e. The molecule has 0 bridgehead atoms. The van der Waals surface area contributed by atoms with E-state index in [0.29, 0.717) is 11.2 Å². The normalized spacial score (nSPS) is 10.3. The van der Waals surface area contributed by atoms with E-state index in [1.165, 1.54) is 24.3 Å². The highest BCUT2D eigenvalue weighted by atomic mass is 32.2. The minimum absolute atomic E-state index is 0.0898. The second kappa shape index (κ2) is 5.79. The molecule has 0 aromatic heterocycles. The van der Waals surface area contributed by atoms with E-state index in [-0.39, 0.29) is 16.1 Å². The molecule has 2 aromatic carbocycles. The van der Waals surface area contributed by atoms with Crippen molar-refractivity contribution in [3.05, 3.63) is 63.7 Å². The Hall–Kier alpha value is -2.28. The average molecular weight is 295 g/mol. The zero-order valence-electron chi connectivity index (χ0n) is 9.88. The van der Waals surface area contributed by atoms with Crippen molar-refractivity contribution in [2.24, 2.45) is 0 Å². The molecule has 0 amide bonds. The third-order valence-electron chi connectivity index (χ3n) is 2.42. The molecular formula is C13H7F2NO3S. The van der Waals surface area contributed by atoms with E-state index in [0.717, 1.165) is 23.9 Å². The number of rotatable bonds is 4. The van der Waals surface area contributed by atoms with Crippen molar-refractivity contribution in [2.45, 2.75) is 9.79 Å². The summed E-state index contributed by atoms with van der Waals surface area (Å²) in [4.78, 5) is 20.6. The van der Waals surface area contributed by atoms with Crippen LogP contribution in [0.1, 0.15) is 10.4 Å². The maximum Gasteiger partial charge on any atom is 0.269 e. The van der Waals surface area contributed by atoms with Gasteiger partial charge in [0.2, 0.25) is 0 Å². The molecule has 0 atom stereocenters. The first-order valence-electron chi connectivity index (χ1n) is 5.38. The predicted octanol–water partition coefficient (Wildman–Crippen LogP) is 3.84. The zero-order chi connectivity index (χ0) is 14.7. The number of nitrogens with zero attached hydrogens (tertiary/aromatic N) is 1. The van der Waals surface area contributed by atoms with Crippen LogP contribution in [-0.2, 0) is 0 Å². The highest BCUT2D eigenvalue weighted by Gasteiger charge is 2.13. The van der Waals surface area contributed by atoms with Crippen molar-refractivity contribution in [1.82, 2.24) is 0 Å². The van der Waals surface area contributed by atoms with Crippen LogP contribution in [0.25, 0.3) is 0 Å². The Kier molecular flexibility index (Phi) is 4.09. The summed E-state index contributed by atoms with van der Waals surface area (Å²) in [5.41, 5.74) is -0.195. The van der Waals surface area contributed by atoms with Crippen molar-refractivity contribution in [2.75, 3.05) is 0 Å². The van der Waals surface area contributed by atoms with E-state index in [2.05, 4.69) is 0 Å². The number of nitro benzene ring substituents is 1. The number of non-ortho nitro benzene ring substituents is 1. The second-order valence-corrected chi connectivity index (χ2v) is 4.87. The van der Waals surface area contributed by atoms with E-state index in [4.69, 9.17) is 0 Å². The van der Waals surface area contributed by atoms with Crippen molar-refractivity contribution < 1.29 is 18.5 Å². The predicted molar refractivity (Wildman–Crippen MR) is 69.0 cm³/mol. The summed E-state index contributed by atoms with van der Waals surface area (Å²) in [6.45, 7) is 0. The Bertz CT molecular complexity index is 651. The molecule has 102 valence electrons. The fourth-order valence-corrected chi connectivity index (χ4v) is 2.32. The maximum absolute atomic E-state index is 13.7. The SMILES string of the molecule is O=Cc1cc(F)c(Sc2ccc([N+](=O)[O-])cc2)c(F)c1. The molecule has 2 rings (SSSR count). The lowest BCUT2D eigenvalue weighted by atomic mass is 10.2. The standard InChI is InChI=1S/C13H7F2NO3S/c14-11-5-8(7-17)6-12(15)13(11)20-10-3-1-9(2-4-10)16(18)19/h1-7H. The average Bonchev–Trinajstić information content (AvgIpc) is 2.43. The van der Waals surface area contributed by atoms with E-state index >= 15 is 0 Å². The van der Waals surface area contributed by atoms with Gasteiger partial charge >= 0.3 is 0 Å². The Morgan fingerprint density at radius 1 is 1.10 bits per heavy atom. The molecule has 0 saturated carbocycles. The molecule has 0 radical (unpaired) electrons. The molecule has 2 aromatic rings. The molecule has 0 N–H and O–H groups in total. The van der Waals surface area contributed by atoms with E-state index in [1.807, 2.05) is 0 Å². The first-order valence-corrected chi connectivity index (χ1v) is 6.19. The van der Waals surface area contributed by atoms with Crippen molar-refractivity contribution >= 4 is 23.7 Å². The molecular weight excluding hydrogens is 288 g/mol. The summed E-state index contributed by atoms with van der Waals surface area (Å²) in [7, 11) is 0. The van der Waals surface area contributed by atoms with Gasteiger partial charge in [-0.15, -0.1) is 0 Å². The van der Waals surface area contributed by atoms with Gasteiger partial charge in [-0.3, -0.25) is 14.9 Å². The zero-order valence-corrected chi connectivity index (χ0v) is 10.7. The van der Waals surface area contributed by atoms with Gasteiger partial charge in [0.15, 0.2) is 0 Å². The monoisotopic (exact) mass is 295 g/mol. The third kappa shape index (κ3) is 3.00. The van der Waals surface area contributed by atoms with Gasteiger partial charge in [0.1, 0.15) is 17.9 Å². The quantitative estimate of drug-likeness (QED) is 0.488. The molecule has 0 aliphatic carbocycles. The lowest BCUT2D eigenvalue weighted by Gasteiger charge is -2.05. The number of carbonyl (C=O) groups excluding carboxylic acids is 1. The van der Waals surface area contributed by atoms with Crippen LogP contribution in [0.2, 0.25) is 0 Å². The summed E-state index contributed by atoms with van der Waals surface area (Å²) >= 11 is 0.792. The van der Waals surface area contributed by atoms with Gasteiger partial charge in [-0.2, -0.15) is 0 Å². The lowest BCUT2D eigenvalue weighted by molar-refractivity contribution is -0.384. The number of hydrogen-bond donors (Lipinski definition) is 0. The van der Waals surface area contributed by atoms with Gasteiger partial charge in [-0.05, 0) is 24.3 Å². The fourth-order valence-electron chi connectivity index (χ4n) is 1.50. The van der Waals surface area contributed by atoms with Crippen LogP contribution in [0.3, 0.4) is 0 Å². The smallest absolute Gasteiger partial charge is 0.269 e. The van der Waals surface area contributed by atoms with Gasteiger partial charge in [0, 0.05) is 22.6 Å². The number of aldehydes is 1. The molecule has 0 spiro atoms. The first-order chi connectivity index (χ1) is 9.51. The van der Waals surface area contributed by atoms with Gasteiger partial charge in [-0.1, -0.05) is 11.8 Å². The van der Waals surface area contributed by atoms with Crippen LogP contribution in [0.4, 0.5) is 14.5 Å². The molecule has 0 aliphatic rings. The van der Waals surface area contributed by atoms with Crippen molar-refractivity contribution in [1.29, 1.82) is 0 Å². The molecule has 0 fully saturated rings. The summed E-state index contributed by atoms with van der Waals surface area (Å²) in [5, 5.41) is 10.5. The number of hydrogen-bond acceptors (Lipinski definition) is 4. The van der Waals surface area contributed by atoms with Crippen LogP contribution < -0.4 is 0 Å². The summed E-state index contributed by atoms with van der Waals surface area (Å²) in [6, 6.07) is 7.16. The van der Waals surface area contributed by atoms with Crippen LogP contribution in [0, 0.1) is 21.7 Å². The topological polar surface area (TPSA) is 60.2 Å². The first kappa shape index (κ1) is 14.1. The Balaban J connectivity index is 2.30. The fraction of sp³-hybridized carbons (Fsp3) is 0. The van der Waals surface area contributed by atoms with Gasteiger partial charge in [0.25, 0.3) is 5.69 Å². The van der Waals surface area contributed by atoms with Crippen LogP contribution in [0.5, 0.6) is 0 Å². The third-order valence-corrected chi connectivity index (χ3v) is 3.53. The van der Waals surface area contributed by atoms with Crippen LogP contribution >= 0.6 is 11.8 Å². The molecule has 7 heteroatoms. The van der Waals surface area contributed by atoms with Crippen LogP contribution in [-0.4, -0.2) is 11.2 Å². The second-order valence-electron chi connectivity index (χ2n) is 3.78. The van der Waals surface area contributed by atoms with Gasteiger partial charge in [-0.25, -0.2) is 8.78 Å². The van der Waals surface area contributed by atoms with Gasteiger partial charge < -0.3 is 0 Å². The summed E-state index contributed by atoms with van der Waals surface area (Å²) in [5.74, 6) is -1.70. The van der Waals surface area contributed by atoms with Crippen LogP contribution in [0.15, 0.2) is 46.2 Å². The molecule has 0 aliphatic heterocycles. The highest BCUT2D eigenvalue weighted by molar-refractivity contribution is 7.99. The van der Waals surface area contributed by atoms with Crippen molar-refractivity contribution in [3.8, 4) is 0 Å².